The first-order chi connectivity index (χ1) is 17.0. The van der Waals surface area contributed by atoms with Gasteiger partial charge in [-0.15, -0.1) is 0 Å². The van der Waals surface area contributed by atoms with Crippen LogP contribution in [-0.2, 0) is 11.0 Å². The van der Waals surface area contributed by atoms with Crippen molar-refractivity contribution in [3.05, 3.63) is 107 Å². The van der Waals surface area contributed by atoms with Gasteiger partial charge in [-0.05, 0) is 42.8 Å². The van der Waals surface area contributed by atoms with E-state index in [1.165, 1.54) is 59.4 Å². The summed E-state index contributed by atoms with van der Waals surface area (Å²) in [5, 5.41) is 9.15. The zero-order valence-electron chi connectivity index (χ0n) is 18.8. The zero-order valence-corrected chi connectivity index (χ0v) is 18.8. The summed E-state index contributed by atoms with van der Waals surface area (Å²) in [5.74, 6) is -2.80. The van der Waals surface area contributed by atoms with Crippen LogP contribution < -0.4 is 16.4 Å². The third-order valence-corrected chi connectivity index (χ3v) is 5.86. The Morgan fingerprint density at radius 1 is 1.11 bits per heavy atom. The number of primary amides is 1. The van der Waals surface area contributed by atoms with E-state index in [0.717, 1.165) is 12.1 Å². The third-order valence-electron chi connectivity index (χ3n) is 5.86. The van der Waals surface area contributed by atoms with Crippen molar-refractivity contribution in [1.82, 2.24) is 9.55 Å². The molecule has 0 aliphatic carbocycles. The van der Waals surface area contributed by atoms with E-state index in [4.69, 9.17) is 16.7 Å². The van der Waals surface area contributed by atoms with Crippen molar-refractivity contribution in [1.29, 1.82) is 5.26 Å². The molecule has 1 amide bonds. The fraction of sp³-hybridized carbons (Fsp3) is 0.120. The minimum absolute atomic E-state index is 0.00668. The lowest BCUT2D eigenvalue weighted by Crippen LogP contribution is -2.40. The number of carbonyl (C=O) groups is 2. The molecule has 1 aromatic heterocycles. The molecule has 1 atom stereocenters. The Hall–Kier alpha value is -4.85. The van der Waals surface area contributed by atoms with Gasteiger partial charge in [0.05, 0.1) is 28.7 Å². The fourth-order valence-electron chi connectivity index (χ4n) is 4.23. The molecule has 2 heterocycles. The van der Waals surface area contributed by atoms with E-state index < -0.39 is 29.5 Å². The first kappa shape index (κ1) is 24.3. The predicted molar refractivity (Wildman–Crippen MR) is 124 cm³/mol. The van der Waals surface area contributed by atoms with E-state index in [2.05, 4.69) is 4.98 Å². The van der Waals surface area contributed by atoms with Gasteiger partial charge in [0.15, 0.2) is 0 Å². The maximum Gasteiger partial charge on any atom is 0.416 e. The van der Waals surface area contributed by atoms with Crippen LogP contribution in [0.15, 0.2) is 89.9 Å². The molecule has 2 aromatic carbocycles. The number of halogens is 3. The highest BCUT2D eigenvalue weighted by molar-refractivity contribution is 6.05. The largest absolute Gasteiger partial charge is 0.416 e. The van der Waals surface area contributed by atoms with Crippen LogP contribution in [0.3, 0.4) is 0 Å². The molecule has 0 bridgehead atoms. The highest BCUT2D eigenvalue weighted by atomic mass is 19.4. The van der Waals surface area contributed by atoms with Crippen LogP contribution in [0.25, 0.3) is 0 Å². The summed E-state index contributed by atoms with van der Waals surface area (Å²) in [7, 11) is 0. The summed E-state index contributed by atoms with van der Waals surface area (Å²) in [6, 6.07) is 12.5. The van der Waals surface area contributed by atoms with E-state index in [1.54, 1.807) is 12.1 Å². The average Bonchev–Trinajstić information content (AvgIpc) is 3.38. The number of alkyl halides is 3. The summed E-state index contributed by atoms with van der Waals surface area (Å²) in [6.45, 7) is 1.52. The highest BCUT2D eigenvalue weighted by Crippen LogP contribution is 2.43. The topological polar surface area (TPSA) is 131 Å². The second-order valence-electron chi connectivity index (χ2n) is 7.99. The molecule has 0 radical (unpaired) electrons. The second kappa shape index (κ2) is 9.07. The van der Waals surface area contributed by atoms with Crippen molar-refractivity contribution in [2.45, 2.75) is 19.0 Å². The Kier molecular flexibility index (Phi) is 6.12. The Morgan fingerprint density at radius 3 is 2.36 bits per heavy atom. The fourth-order valence-corrected chi connectivity index (χ4v) is 4.23. The molecule has 3 aromatic rings. The van der Waals surface area contributed by atoms with Gasteiger partial charge in [0, 0.05) is 29.4 Å². The van der Waals surface area contributed by atoms with Gasteiger partial charge < -0.3 is 16.4 Å². The summed E-state index contributed by atoms with van der Waals surface area (Å²) in [6.07, 6.45) is -0.580. The number of rotatable bonds is 4. The number of hydrogen-bond donors (Lipinski definition) is 2. The van der Waals surface area contributed by atoms with E-state index in [1.807, 2.05) is 6.07 Å². The molecule has 0 saturated heterocycles. The Morgan fingerprint density at radius 2 is 1.81 bits per heavy atom. The van der Waals surface area contributed by atoms with Crippen molar-refractivity contribution >= 4 is 17.5 Å². The molecule has 0 fully saturated rings. The minimum atomic E-state index is -4.63. The highest BCUT2D eigenvalue weighted by Gasteiger charge is 2.40. The average molecular weight is 492 g/mol. The predicted octanol–water partition coefficient (Wildman–Crippen LogP) is 3.65. The van der Waals surface area contributed by atoms with E-state index in [-0.39, 0.29) is 28.4 Å². The maximum atomic E-state index is 13.6. The van der Waals surface area contributed by atoms with E-state index >= 15 is 0 Å². The van der Waals surface area contributed by atoms with Crippen LogP contribution in [0.1, 0.15) is 34.3 Å². The van der Waals surface area contributed by atoms with Gasteiger partial charge in [-0.2, -0.15) is 18.4 Å². The van der Waals surface area contributed by atoms with Gasteiger partial charge in [-0.1, -0.05) is 18.2 Å². The molecule has 1 aliphatic heterocycles. The molecular weight excluding hydrogens is 473 g/mol. The number of nitrogens with zero attached hydrogens (tertiary/aromatic N) is 4. The molecule has 4 N–H and O–H groups in total. The van der Waals surface area contributed by atoms with Gasteiger partial charge in [-0.25, -0.2) is 4.98 Å². The number of imidazole rings is 1. The van der Waals surface area contributed by atoms with Gasteiger partial charge in [0.2, 0.25) is 5.91 Å². The second-order valence-corrected chi connectivity index (χ2v) is 7.99. The van der Waals surface area contributed by atoms with Gasteiger partial charge in [0.1, 0.15) is 12.1 Å². The van der Waals surface area contributed by atoms with Crippen LogP contribution >= 0.6 is 0 Å². The molecule has 0 spiro atoms. The first-order valence-corrected chi connectivity index (χ1v) is 10.5. The summed E-state index contributed by atoms with van der Waals surface area (Å²) in [4.78, 5) is 31.4. The zero-order chi connectivity index (χ0) is 26.2. The SMILES string of the molecule is CC1=C(C(=O)n2ccnc2)C(c2ccc(C#N)cc2)C(C(N)=O)=C(N)N1c1cccc(C(F)(F)F)c1. The minimum Gasteiger partial charge on any atom is -0.384 e. The smallest absolute Gasteiger partial charge is 0.384 e. The molecule has 36 heavy (non-hydrogen) atoms. The number of amides is 1. The van der Waals surface area contributed by atoms with Crippen molar-refractivity contribution in [3.8, 4) is 6.07 Å². The summed E-state index contributed by atoms with van der Waals surface area (Å²) < 4.78 is 41.5. The molecule has 182 valence electrons. The Labute approximate surface area is 203 Å². The van der Waals surface area contributed by atoms with Crippen LogP contribution in [0.4, 0.5) is 18.9 Å². The van der Waals surface area contributed by atoms with E-state index in [0.29, 0.717) is 11.1 Å². The van der Waals surface area contributed by atoms with Crippen molar-refractivity contribution in [2.75, 3.05) is 4.90 Å². The number of carbonyl (C=O) groups excluding carboxylic acids is 2. The Bertz CT molecular complexity index is 1450. The molecule has 0 saturated carbocycles. The number of hydrogen-bond acceptors (Lipinski definition) is 6. The molecular formula is C25H19F3N6O2. The molecule has 11 heteroatoms. The van der Waals surface area contributed by atoms with Crippen molar-refractivity contribution < 1.29 is 22.8 Å². The van der Waals surface area contributed by atoms with Crippen LogP contribution in [0, 0.1) is 11.3 Å². The number of aromatic nitrogens is 2. The lowest BCUT2D eigenvalue weighted by Gasteiger charge is -2.37. The standard InChI is InChI=1S/C25H19F3N6O2/c1-14-19(24(36)33-10-9-32-13-33)20(16-7-5-15(12-29)6-8-16)21(23(31)35)22(30)34(14)18-4-2-3-17(11-18)25(26,27)28/h2-11,13,20H,30H2,1H3,(H2,31,35). The molecule has 1 unspecified atom stereocenters. The normalized spacial score (nSPS) is 16.2. The molecule has 8 nitrogen and oxygen atoms in total. The van der Waals surface area contributed by atoms with E-state index in [9.17, 15) is 22.8 Å². The molecule has 4 rings (SSSR count). The number of nitrogens with two attached hydrogens (primary N) is 2. The maximum absolute atomic E-state index is 13.6. The monoisotopic (exact) mass is 492 g/mol. The van der Waals surface area contributed by atoms with Crippen LogP contribution in [0.2, 0.25) is 0 Å². The number of nitriles is 1. The lowest BCUT2D eigenvalue weighted by atomic mass is 9.79. The summed E-state index contributed by atoms with van der Waals surface area (Å²) in [5.41, 5.74) is 12.0. The quantitative estimate of drug-likeness (QED) is 0.572. The Balaban J connectivity index is 2.00. The molecule has 1 aliphatic rings. The van der Waals surface area contributed by atoms with Crippen LogP contribution in [0.5, 0.6) is 0 Å². The van der Waals surface area contributed by atoms with Crippen molar-refractivity contribution in [2.24, 2.45) is 11.5 Å². The summed E-state index contributed by atoms with van der Waals surface area (Å²) >= 11 is 0. The number of anilines is 1. The van der Waals surface area contributed by atoms with Gasteiger partial charge in [0.25, 0.3) is 5.91 Å². The third kappa shape index (κ3) is 4.20. The van der Waals surface area contributed by atoms with Gasteiger partial charge >= 0.3 is 6.18 Å². The lowest BCUT2D eigenvalue weighted by molar-refractivity contribution is -0.137. The number of benzene rings is 2. The van der Waals surface area contributed by atoms with Gasteiger partial charge in [-0.3, -0.25) is 14.2 Å². The van der Waals surface area contributed by atoms with Crippen LogP contribution in [-0.4, -0.2) is 21.4 Å². The van der Waals surface area contributed by atoms with Crippen molar-refractivity contribution in [3.63, 3.8) is 0 Å². The number of allylic oxidation sites excluding steroid dienone is 2. The first-order valence-electron chi connectivity index (χ1n) is 10.5.